The minimum absolute atomic E-state index is 0.141. The first-order valence-corrected chi connectivity index (χ1v) is 6.44. The fourth-order valence-electron chi connectivity index (χ4n) is 2.02. The van der Waals surface area contributed by atoms with Crippen LogP contribution in [0.5, 0.6) is 11.5 Å². The number of benzene rings is 1. The van der Waals surface area contributed by atoms with Gasteiger partial charge in [-0.3, -0.25) is 4.79 Å². The lowest BCUT2D eigenvalue weighted by atomic mass is 10.2. The first-order valence-electron chi connectivity index (χ1n) is 6.44. The second-order valence-electron chi connectivity index (χ2n) is 4.50. The van der Waals surface area contributed by atoms with E-state index in [1.54, 1.807) is 25.1 Å². The Morgan fingerprint density at radius 3 is 2.95 bits per heavy atom. The number of amides is 1. The SMILES string of the molecule is Cc1ncc(C(=O)Nc2cccc3c2OCCO3)c(N)n1. The van der Waals surface area contributed by atoms with Crippen LogP contribution >= 0.6 is 0 Å². The van der Waals surface area contributed by atoms with Gasteiger partial charge in [0.1, 0.15) is 30.4 Å². The zero-order valence-electron chi connectivity index (χ0n) is 11.4. The van der Waals surface area contributed by atoms with E-state index in [2.05, 4.69) is 15.3 Å². The van der Waals surface area contributed by atoms with E-state index >= 15 is 0 Å². The van der Waals surface area contributed by atoms with E-state index in [-0.39, 0.29) is 11.4 Å². The van der Waals surface area contributed by atoms with Crippen LogP contribution in [-0.2, 0) is 0 Å². The maximum Gasteiger partial charge on any atom is 0.261 e. The Labute approximate surface area is 121 Å². The molecule has 7 heteroatoms. The molecule has 0 unspecified atom stereocenters. The van der Waals surface area contributed by atoms with E-state index in [4.69, 9.17) is 15.2 Å². The topological polar surface area (TPSA) is 99.4 Å². The van der Waals surface area contributed by atoms with E-state index in [1.165, 1.54) is 6.20 Å². The lowest BCUT2D eigenvalue weighted by Gasteiger charge is -2.21. The first-order chi connectivity index (χ1) is 10.1. The van der Waals surface area contributed by atoms with Gasteiger partial charge in [0.2, 0.25) is 0 Å². The zero-order chi connectivity index (χ0) is 14.8. The number of carbonyl (C=O) groups is 1. The van der Waals surface area contributed by atoms with E-state index in [0.717, 1.165) is 0 Å². The van der Waals surface area contributed by atoms with Crippen LogP contribution in [0.4, 0.5) is 11.5 Å². The minimum atomic E-state index is -0.393. The molecule has 0 aliphatic carbocycles. The Balaban J connectivity index is 1.88. The van der Waals surface area contributed by atoms with Gasteiger partial charge >= 0.3 is 0 Å². The van der Waals surface area contributed by atoms with E-state index < -0.39 is 5.91 Å². The van der Waals surface area contributed by atoms with Crippen molar-refractivity contribution >= 4 is 17.4 Å². The Kier molecular flexibility index (Phi) is 3.31. The molecule has 2 aromatic rings. The fraction of sp³-hybridized carbons (Fsp3) is 0.214. The molecular weight excluding hydrogens is 272 g/mol. The minimum Gasteiger partial charge on any atom is -0.486 e. The van der Waals surface area contributed by atoms with Gasteiger partial charge in [-0.05, 0) is 19.1 Å². The predicted molar refractivity (Wildman–Crippen MR) is 76.6 cm³/mol. The van der Waals surface area contributed by atoms with Gasteiger partial charge in [-0.25, -0.2) is 9.97 Å². The van der Waals surface area contributed by atoms with Crippen molar-refractivity contribution in [1.82, 2.24) is 9.97 Å². The molecule has 0 saturated carbocycles. The van der Waals surface area contributed by atoms with Crippen LogP contribution in [0.25, 0.3) is 0 Å². The molecule has 0 fully saturated rings. The van der Waals surface area contributed by atoms with E-state index in [1.807, 2.05) is 0 Å². The second-order valence-corrected chi connectivity index (χ2v) is 4.50. The third-order valence-corrected chi connectivity index (χ3v) is 3.00. The molecule has 3 N–H and O–H groups in total. The van der Waals surface area contributed by atoms with Gasteiger partial charge in [0.25, 0.3) is 5.91 Å². The number of hydrogen-bond acceptors (Lipinski definition) is 6. The molecule has 1 aliphatic heterocycles. The third-order valence-electron chi connectivity index (χ3n) is 3.00. The Morgan fingerprint density at radius 1 is 1.33 bits per heavy atom. The van der Waals surface area contributed by atoms with E-state index in [9.17, 15) is 4.79 Å². The summed E-state index contributed by atoms with van der Waals surface area (Å²) in [5.74, 6) is 1.38. The number of nitrogens with two attached hydrogens (primary N) is 1. The number of rotatable bonds is 2. The summed E-state index contributed by atoms with van der Waals surface area (Å²) >= 11 is 0. The van der Waals surface area contributed by atoms with Crippen LogP contribution in [0, 0.1) is 6.92 Å². The average molecular weight is 286 g/mol. The smallest absolute Gasteiger partial charge is 0.261 e. The summed E-state index contributed by atoms with van der Waals surface area (Å²) in [6, 6.07) is 5.29. The maximum absolute atomic E-state index is 12.3. The molecule has 1 aromatic heterocycles. The van der Waals surface area contributed by atoms with Crippen LogP contribution in [0.2, 0.25) is 0 Å². The number of aromatic nitrogens is 2. The summed E-state index contributed by atoms with van der Waals surface area (Å²) in [7, 11) is 0. The van der Waals surface area contributed by atoms with Crippen molar-refractivity contribution in [3.63, 3.8) is 0 Å². The van der Waals surface area contributed by atoms with Crippen LogP contribution < -0.4 is 20.5 Å². The van der Waals surface area contributed by atoms with Gasteiger partial charge < -0.3 is 20.5 Å². The molecule has 7 nitrogen and oxygen atoms in total. The highest BCUT2D eigenvalue weighted by Crippen LogP contribution is 2.37. The maximum atomic E-state index is 12.3. The molecule has 0 atom stereocenters. The normalized spacial score (nSPS) is 12.8. The van der Waals surface area contributed by atoms with Gasteiger partial charge in [-0.15, -0.1) is 0 Å². The number of para-hydroxylation sites is 1. The van der Waals surface area contributed by atoms with Crippen molar-refractivity contribution in [2.24, 2.45) is 0 Å². The van der Waals surface area contributed by atoms with Gasteiger partial charge in [0.15, 0.2) is 11.5 Å². The van der Waals surface area contributed by atoms with Crippen LogP contribution in [0.15, 0.2) is 24.4 Å². The summed E-state index contributed by atoms with van der Waals surface area (Å²) in [6.45, 7) is 2.63. The first kappa shape index (κ1) is 13.2. The number of hydrogen-bond donors (Lipinski definition) is 2. The van der Waals surface area contributed by atoms with Crippen LogP contribution in [-0.4, -0.2) is 29.1 Å². The number of anilines is 2. The van der Waals surface area contributed by atoms with Gasteiger partial charge in [-0.1, -0.05) is 6.07 Å². The standard InChI is InChI=1S/C14H14N4O3/c1-8-16-7-9(13(15)17-8)14(19)18-10-3-2-4-11-12(10)21-6-5-20-11/h2-4,7H,5-6H2,1H3,(H,18,19)(H2,15,16,17). The number of nitrogens with zero attached hydrogens (tertiary/aromatic N) is 2. The Morgan fingerprint density at radius 2 is 2.14 bits per heavy atom. The summed E-state index contributed by atoms with van der Waals surface area (Å²) in [6.07, 6.45) is 1.40. The molecule has 21 heavy (non-hydrogen) atoms. The molecule has 0 radical (unpaired) electrons. The van der Waals surface area contributed by atoms with Gasteiger partial charge in [0, 0.05) is 6.20 Å². The second kappa shape index (κ2) is 5.28. The molecule has 3 rings (SSSR count). The number of carbonyl (C=O) groups excluding carboxylic acids is 1. The van der Waals surface area contributed by atoms with Crippen molar-refractivity contribution in [2.45, 2.75) is 6.92 Å². The number of aryl methyl sites for hydroxylation is 1. The lowest BCUT2D eigenvalue weighted by Crippen LogP contribution is -2.19. The molecule has 1 aromatic carbocycles. The number of ether oxygens (including phenoxy) is 2. The lowest BCUT2D eigenvalue weighted by molar-refractivity contribution is 0.102. The quantitative estimate of drug-likeness (QED) is 0.865. The highest BCUT2D eigenvalue weighted by molar-refractivity contribution is 6.07. The molecule has 0 bridgehead atoms. The molecular formula is C14H14N4O3. The van der Waals surface area contributed by atoms with Gasteiger partial charge in [0.05, 0.1) is 5.69 Å². The molecule has 0 spiro atoms. The summed E-state index contributed by atoms with van der Waals surface area (Å²) in [5.41, 5.74) is 6.49. The zero-order valence-corrected chi connectivity index (χ0v) is 11.4. The van der Waals surface area contributed by atoms with Crippen molar-refractivity contribution < 1.29 is 14.3 Å². The summed E-state index contributed by atoms with van der Waals surface area (Å²) in [5, 5.41) is 2.74. The monoisotopic (exact) mass is 286 g/mol. The number of nitrogen functional groups attached to an aromatic ring is 1. The molecule has 1 amide bonds. The summed E-state index contributed by atoms with van der Waals surface area (Å²) in [4.78, 5) is 20.2. The molecule has 1 aliphatic rings. The Bertz CT molecular complexity index is 703. The number of fused-ring (bicyclic) bond motifs is 1. The molecule has 2 heterocycles. The van der Waals surface area contributed by atoms with Crippen molar-refractivity contribution in [1.29, 1.82) is 0 Å². The third kappa shape index (κ3) is 2.58. The van der Waals surface area contributed by atoms with E-state index in [0.29, 0.717) is 36.2 Å². The highest BCUT2D eigenvalue weighted by atomic mass is 16.6. The van der Waals surface area contributed by atoms with Crippen molar-refractivity contribution in [3.8, 4) is 11.5 Å². The molecule has 0 saturated heterocycles. The molecule has 108 valence electrons. The van der Waals surface area contributed by atoms with Crippen molar-refractivity contribution in [2.75, 3.05) is 24.3 Å². The number of nitrogens with one attached hydrogen (secondary N) is 1. The Hall–Kier alpha value is -2.83. The van der Waals surface area contributed by atoms with Crippen LogP contribution in [0.3, 0.4) is 0 Å². The highest BCUT2D eigenvalue weighted by Gasteiger charge is 2.19. The van der Waals surface area contributed by atoms with Gasteiger partial charge in [-0.2, -0.15) is 0 Å². The predicted octanol–water partition coefficient (Wildman–Crippen LogP) is 1.39. The summed E-state index contributed by atoms with van der Waals surface area (Å²) < 4.78 is 11.0. The fourth-order valence-corrected chi connectivity index (χ4v) is 2.02. The average Bonchev–Trinajstić information content (AvgIpc) is 2.47. The largest absolute Gasteiger partial charge is 0.486 e. The van der Waals surface area contributed by atoms with Crippen LogP contribution in [0.1, 0.15) is 16.2 Å². The van der Waals surface area contributed by atoms with Crippen molar-refractivity contribution in [3.05, 3.63) is 35.8 Å².